The average Bonchev–Trinajstić information content (AvgIpc) is 2.16. The zero-order valence-corrected chi connectivity index (χ0v) is 6.44. The summed E-state index contributed by atoms with van der Waals surface area (Å²) in [5.74, 6) is 4.82. The van der Waals surface area contributed by atoms with E-state index in [0.29, 0.717) is 0 Å². The molecule has 0 saturated heterocycles. The van der Waals surface area contributed by atoms with Gasteiger partial charge in [0.1, 0.15) is 11.9 Å². The van der Waals surface area contributed by atoms with Crippen LogP contribution in [0.15, 0.2) is 12.5 Å². The maximum atomic E-state index is 11.0. The maximum Gasteiger partial charge on any atom is 0.343 e. The molecular weight excluding hydrogens is 160 g/mol. The Kier molecular flexibility index (Phi) is 2.54. The maximum absolute atomic E-state index is 11.0. The second-order valence-electron chi connectivity index (χ2n) is 1.92. The molecule has 0 radical (unpaired) electrons. The minimum Gasteiger partial charge on any atom is -0.465 e. The van der Waals surface area contributed by atoms with E-state index in [4.69, 9.17) is 5.84 Å². The lowest BCUT2D eigenvalue weighted by molar-refractivity contribution is 0.0601. The van der Waals surface area contributed by atoms with Gasteiger partial charge in [0.2, 0.25) is 0 Å². The van der Waals surface area contributed by atoms with Crippen molar-refractivity contribution in [2.24, 2.45) is 5.84 Å². The normalized spacial score (nSPS) is 9.17. The Hall–Kier alpha value is -1.69. The van der Waals surface area contributed by atoms with Crippen molar-refractivity contribution >= 4 is 11.8 Å². The van der Waals surface area contributed by atoms with E-state index in [9.17, 15) is 4.79 Å². The fourth-order valence-corrected chi connectivity index (χ4v) is 0.704. The zero-order valence-electron chi connectivity index (χ0n) is 6.44. The smallest absolute Gasteiger partial charge is 0.343 e. The molecule has 6 heteroatoms. The number of carbonyl (C=O) groups excluding carboxylic acids is 1. The summed E-state index contributed by atoms with van der Waals surface area (Å²) < 4.78 is 4.46. The first-order valence-electron chi connectivity index (χ1n) is 3.14. The number of hydrogen-bond donors (Lipinski definition) is 2. The van der Waals surface area contributed by atoms with Crippen molar-refractivity contribution in [3.63, 3.8) is 0 Å². The molecule has 0 fully saturated rings. The molecule has 0 atom stereocenters. The van der Waals surface area contributed by atoms with E-state index in [2.05, 4.69) is 20.1 Å². The molecule has 1 aromatic rings. The van der Waals surface area contributed by atoms with Gasteiger partial charge < -0.3 is 10.2 Å². The SMILES string of the molecule is COC(=O)c1cncnc1NN. The number of nitrogen functional groups attached to an aromatic ring is 1. The first kappa shape index (κ1) is 8.41. The van der Waals surface area contributed by atoms with Crippen LogP contribution in [0.1, 0.15) is 10.4 Å². The molecule has 6 nitrogen and oxygen atoms in total. The molecule has 0 aromatic carbocycles. The van der Waals surface area contributed by atoms with Gasteiger partial charge >= 0.3 is 5.97 Å². The highest BCUT2D eigenvalue weighted by Crippen LogP contribution is 2.08. The number of esters is 1. The van der Waals surface area contributed by atoms with Gasteiger partial charge in [-0.2, -0.15) is 0 Å². The van der Waals surface area contributed by atoms with Gasteiger partial charge in [0.05, 0.1) is 7.11 Å². The Bertz CT molecular complexity index is 289. The number of hydrazine groups is 1. The van der Waals surface area contributed by atoms with Gasteiger partial charge in [0.15, 0.2) is 5.82 Å². The van der Waals surface area contributed by atoms with E-state index in [1.165, 1.54) is 19.6 Å². The molecule has 1 rings (SSSR count). The van der Waals surface area contributed by atoms with Crippen LogP contribution >= 0.6 is 0 Å². The standard InChI is InChI=1S/C6H8N4O2/c1-12-6(11)4-2-8-3-9-5(4)10-7/h2-3H,7H2,1H3,(H,8,9,10). The van der Waals surface area contributed by atoms with Crippen molar-refractivity contribution in [3.8, 4) is 0 Å². The molecule has 3 N–H and O–H groups in total. The quantitative estimate of drug-likeness (QED) is 0.353. The zero-order chi connectivity index (χ0) is 8.97. The van der Waals surface area contributed by atoms with Gasteiger partial charge in [-0.15, -0.1) is 0 Å². The summed E-state index contributed by atoms with van der Waals surface area (Å²) in [7, 11) is 1.27. The minimum absolute atomic E-state index is 0.211. The van der Waals surface area contributed by atoms with E-state index in [1.54, 1.807) is 0 Å². The van der Waals surface area contributed by atoms with Gasteiger partial charge in [0, 0.05) is 6.20 Å². The predicted molar refractivity (Wildman–Crippen MR) is 41.2 cm³/mol. The largest absolute Gasteiger partial charge is 0.465 e. The lowest BCUT2D eigenvalue weighted by Gasteiger charge is -2.03. The van der Waals surface area contributed by atoms with Crippen LogP contribution in [0.5, 0.6) is 0 Å². The molecule has 0 bridgehead atoms. The molecule has 0 saturated carbocycles. The molecule has 0 aliphatic heterocycles. The first-order chi connectivity index (χ1) is 5.79. The molecule has 1 aromatic heterocycles. The summed E-state index contributed by atoms with van der Waals surface area (Å²) in [6.07, 6.45) is 2.61. The van der Waals surface area contributed by atoms with Crippen LogP contribution in [-0.2, 0) is 4.74 Å². The topological polar surface area (TPSA) is 90.1 Å². The number of rotatable bonds is 2. The van der Waals surface area contributed by atoms with Gasteiger partial charge in [-0.25, -0.2) is 20.6 Å². The second kappa shape index (κ2) is 3.63. The van der Waals surface area contributed by atoms with E-state index in [-0.39, 0.29) is 11.4 Å². The number of hydrogen-bond acceptors (Lipinski definition) is 6. The molecule has 0 aliphatic rings. The third-order valence-corrected chi connectivity index (χ3v) is 1.25. The van der Waals surface area contributed by atoms with Crippen molar-refractivity contribution in [2.75, 3.05) is 12.5 Å². The van der Waals surface area contributed by atoms with E-state index < -0.39 is 5.97 Å². The van der Waals surface area contributed by atoms with Crippen molar-refractivity contribution in [3.05, 3.63) is 18.1 Å². The van der Waals surface area contributed by atoms with Crippen molar-refractivity contribution in [1.82, 2.24) is 9.97 Å². The number of nitrogens with zero attached hydrogens (tertiary/aromatic N) is 2. The summed E-state index contributed by atoms with van der Waals surface area (Å²) in [6.45, 7) is 0. The Labute approximate surface area is 68.7 Å². The number of anilines is 1. The summed E-state index contributed by atoms with van der Waals surface area (Å²) >= 11 is 0. The third-order valence-electron chi connectivity index (χ3n) is 1.25. The molecule has 0 spiro atoms. The predicted octanol–water partition coefficient (Wildman–Crippen LogP) is -0.451. The summed E-state index contributed by atoms with van der Waals surface area (Å²) in [4.78, 5) is 18.4. The van der Waals surface area contributed by atoms with E-state index in [1.807, 2.05) is 0 Å². The Morgan fingerprint density at radius 3 is 3.08 bits per heavy atom. The van der Waals surface area contributed by atoms with Crippen LogP contribution in [-0.4, -0.2) is 23.0 Å². The number of methoxy groups -OCH3 is 1. The van der Waals surface area contributed by atoms with Gasteiger partial charge in [0.25, 0.3) is 0 Å². The first-order valence-corrected chi connectivity index (χ1v) is 3.14. The summed E-state index contributed by atoms with van der Waals surface area (Å²) in [5, 5.41) is 0. The molecule has 64 valence electrons. The lowest BCUT2D eigenvalue weighted by atomic mass is 10.3. The number of aromatic nitrogens is 2. The van der Waals surface area contributed by atoms with Crippen LogP contribution in [0.4, 0.5) is 5.82 Å². The number of nitrogens with one attached hydrogen (secondary N) is 1. The third kappa shape index (κ3) is 1.48. The Morgan fingerprint density at radius 1 is 1.75 bits per heavy atom. The molecular formula is C6H8N4O2. The highest BCUT2D eigenvalue weighted by molar-refractivity contribution is 5.93. The second-order valence-corrected chi connectivity index (χ2v) is 1.92. The number of ether oxygens (including phenoxy) is 1. The van der Waals surface area contributed by atoms with Crippen molar-refractivity contribution in [2.45, 2.75) is 0 Å². The molecule has 0 amide bonds. The van der Waals surface area contributed by atoms with Crippen molar-refractivity contribution < 1.29 is 9.53 Å². The highest BCUT2D eigenvalue weighted by atomic mass is 16.5. The van der Waals surface area contributed by atoms with Crippen LogP contribution in [0, 0.1) is 0 Å². The summed E-state index contributed by atoms with van der Waals surface area (Å²) in [5.41, 5.74) is 2.47. The van der Waals surface area contributed by atoms with Gasteiger partial charge in [-0.1, -0.05) is 0 Å². The van der Waals surface area contributed by atoms with Gasteiger partial charge in [-0.3, -0.25) is 0 Å². The molecule has 0 aliphatic carbocycles. The minimum atomic E-state index is -0.524. The molecule has 12 heavy (non-hydrogen) atoms. The molecule has 1 heterocycles. The average molecular weight is 168 g/mol. The fraction of sp³-hybridized carbons (Fsp3) is 0.167. The van der Waals surface area contributed by atoms with Crippen LogP contribution in [0.2, 0.25) is 0 Å². The van der Waals surface area contributed by atoms with Crippen LogP contribution < -0.4 is 11.3 Å². The van der Waals surface area contributed by atoms with E-state index in [0.717, 1.165) is 0 Å². The fourth-order valence-electron chi connectivity index (χ4n) is 0.704. The molecule has 0 unspecified atom stereocenters. The van der Waals surface area contributed by atoms with Crippen LogP contribution in [0.3, 0.4) is 0 Å². The Morgan fingerprint density at radius 2 is 2.50 bits per heavy atom. The van der Waals surface area contributed by atoms with Crippen LogP contribution in [0.25, 0.3) is 0 Å². The Balaban J connectivity index is 3.04. The van der Waals surface area contributed by atoms with Crippen molar-refractivity contribution in [1.29, 1.82) is 0 Å². The summed E-state index contributed by atoms with van der Waals surface area (Å²) in [6, 6.07) is 0. The van der Waals surface area contributed by atoms with Gasteiger partial charge in [-0.05, 0) is 0 Å². The monoisotopic (exact) mass is 168 g/mol. The number of carbonyl (C=O) groups is 1. The highest BCUT2D eigenvalue weighted by Gasteiger charge is 2.11. The number of nitrogens with two attached hydrogens (primary N) is 1. The lowest BCUT2D eigenvalue weighted by Crippen LogP contribution is -2.14. The van der Waals surface area contributed by atoms with E-state index >= 15 is 0 Å².